The first-order chi connectivity index (χ1) is 13.5. The minimum absolute atomic E-state index is 0.180. The summed E-state index contributed by atoms with van der Waals surface area (Å²) in [5.74, 6) is 0.981. The summed E-state index contributed by atoms with van der Waals surface area (Å²) in [6.07, 6.45) is 0. The van der Waals surface area contributed by atoms with Crippen molar-refractivity contribution in [2.45, 2.75) is 13.8 Å². The Morgan fingerprint density at radius 3 is 2.43 bits per heavy atom. The van der Waals surface area contributed by atoms with Crippen molar-refractivity contribution in [3.05, 3.63) is 65.4 Å². The second-order valence-corrected chi connectivity index (χ2v) is 6.15. The third-order valence-corrected chi connectivity index (χ3v) is 4.36. The molecule has 7 N–H and O–H groups in total. The molecule has 0 radical (unpaired) electrons. The van der Waals surface area contributed by atoms with Crippen LogP contribution < -0.4 is 17.2 Å². The van der Waals surface area contributed by atoms with Gasteiger partial charge in [-0.25, -0.2) is 4.98 Å². The summed E-state index contributed by atoms with van der Waals surface area (Å²) < 4.78 is 1.38. The molecule has 8 heteroatoms. The van der Waals surface area contributed by atoms with Crippen LogP contribution in [0.1, 0.15) is 19.7 Å². The Labute approximate surface area is 167 Å². The van der Waals surface area contributed by atoms with E-state index in [1.54, 1.807) is 12.1 Å². The molecule has 144 valence electrons. The molecule has 0 aliphatic carbocycles. The van der Waals surface area contributed by atoms with E-state index in [-0.39, 0.29) is 11.5 Å². The average molecular weight is 396 g/mol. The predicted molar refractivity (Wildman–Crippen MR) is 116 cm³/mol. The average Bonchev–Trinajstić information content (AvgIpc) is 3.32. The highest BCUT2D eigenvalue weighted by atomic mass is 35.5. The second kappa shape index (κ2) is 8.06. The van der Waals surface area contributed by atoms with Crippen molar-refractivity contribution in [3.63, 3.8) is 0 Å². The van der Waals surface area contributed by atoms with Gasteiger partial charge < -0.3 is 22.2 Å². The van der Waals surface area contributed by atoms with E-state index in [4.69, 9.17) is 28.8 Å². The number of nitrogen functional groups attached to an aromatic ring is 1. The van der Waals surface area contributed by atoms with E-state index in [2.05, 4.69) is 15.1 Å². The lowest BCUT2D eigenvalue weighted by Gasteiger charge is -2.07. The van der Waals surface area contributed by atoms with Crippen molar-refractivity contribution in [1.29, 1.82) is 0 Å². The van der Waals surface area contributed by atoms with Crippen LogP contribution in [0, 0.1) is 0 Å². The Morgan fingerprint density at radius 1 is 1.04 bits per heavy atom. The van der Waals surface area contributed by atoms with Crippen molar-refractivity contribution in [2.24, 2.45) is 11.5 Å². The molecule has 0 spiro atoms. The fraction of sp³-hybridized carbons (Fsp3) is 0.100. The number of benzene rings is 2. The summed E-state index contributed by atoms with van der Waals surface area (Å²) in [7, 11) is 0. The predicted octanol–water partition coefficient (Wildman–Crippen LogP) is 3.89. The van der Waals surface area contributed by atoms with E-state index in [0.29, 0.717) is 22.4 Å². The summed E-state index contributed by atoms with van der Waals surface area (Å²) in [4.78, 5) is 7.58. The lowest BCUT2D eigenvalue weighted by Crippen LogP contribution is -2.17. The number of imidazole rings is 1. The van der Waals surface area contributed by atoms with E-state index in [0.717, 1.165) is 16.6 Å². The normalized spacial score (nSPS) is 11.7. The van der Waals surface area contributed by atoms with Crippen molar-refractivity contribution >= 4 is 40.0 Å². The van der Waals surface area contributed by atoms with Gasteiger partial charge in [0.2, 0.25) is 0 Å². The van der Waals surface area contributed by atoms with E-state index < -0.39 is 0 Å². The van der Waals surface area contributed by atoms with Crippen LogP contribution in [-0.4, -0.2) is 19.7 Å². The summed E-state index contributed by atoms with van der Waals surface area (Å²) in [5.41, 5.74) is 21.8. The first-order valence-electron chi connectivity index (χ1n) is 8.86. The number of nitrogens with two attached hydrogens (primary N) is 3. The fourth-order valence-electron chi connectivity index (χ4n) is 2.70. The number of hydrogen-bond acceptors (Lipinski definition) is 5. The first kappa shape index (κ1) is 19.3. The molecule has 0 amide bonds. The zero-order chi connectivity index (χ0) is 20.3. The molecule has 0 saturated heterocycles. The molecule has 4 rings (SSSR count). The molecule has 0 aliphatic heterocycles. The second-order valence-electron chi connectivity index (χ2n) is 5.75. The Kier molecular flexibility index (Phi) is 5.56. The van der Waals surface area contributed by atoms with Crippen molar-refractivity contribution < 1.29 is 0 Å². The van der Waals surface area contributed by atoms with Crippen LogP contribution in [0.4, 0.5) is 5.82 Å². The number of rotatable bonds is 3. The van der Waals surface area contributed by atoms with Gasteiger partial charge in [0.05, 0.1) is 21.7 Å². The van der Waals surface area contributed by atoms with Crippen molar-refractivity contribution in [1.82, 2.24) is 19.7 Å². The number of nitrogens with one attached hydrogen (secondary N) is 1. The lowest BCUT2D eigenvalue weighted by atomic mass is 10.1. The molecule has 2 aromatic carbocycles. The fourth-order valence-corrected chi connectivity index (χ4v) is 2.94. The van der Waals surface area contributed by atoms with Crippen LogP contribution in [0.2, 0.25) is 5.02 Å². The molecule has 2 aromatic heterocycles. The number of nitrogens with zero attached hydrogens (tertiary/aromatic N) is 3. The van der Waals surface area contributed by atoms with Gasteiger partial charge in [-0.1, -0.05) is 55.8 Å². The summed E-state index contributed by atoms with van der Waals surface area (Å²) in [6.45, 7) is 4.00. The maximum Gasteiger partial charge on any atom is 0.158 e. The molecule has 28 heavy (non-hydrogen) atoms. The maximum atomic E-state index is 6.23. The summed E-state index contributed by atoms with van der Waals surface area (Å²) >= 11 is 6.23. The molecule has 0 saturated carbocycles. The van der Waals surface area contributed by atoms with Gasteiger partial charge in [-0.3, -0.25) is 0 Å². The number of hydrogen-bond donors (Lipinski definition) is 4. The molecule has 0 aliphatic rings. The van der Waals surface area contributed by atoms with E-state index in [9.17, 15) is 0 Å². The smallest absolute Gasteiger partial charge is 0.158 e. The van der Waals surface area contributed by atoms with Gasteiger partial charge >= 0.3 is 0 Å². The number of fused-ring (bicyclic) bond motifs is 1. The molecule has 0 fully saturated rings. The molecule has 7 nitrogen and oxygen atoms in total. The zero-order valence-electron chi connectivity index (χ0n) is 15.6. The number of aromatic nitrogens is 4. The van der Waals surface area contributed by atoms with Gasteiger partial charge in [-0.05, 0) is 18.2 Å². The molecule has 2 heterocycles. The third kappa shape index (κ3) is 3.52. The lowest BCUT2D eigenvalue weighted by molar-refractivity contribution is 0.899. The Bertz CT molecular complexity index is 1110. The van der Waals surface area contributed by atoms with Crippen LogP contribution in [0.15, 0.2) is 54.6 Å². The Hall–Kier alpha value is -3.45. The molecule has 0 unspecified atom stereocenters. The van der Waals surface area contributed by atoms with Crippen LogP contribution in [-0.2, 0) is 0 Å². The summed E-state index contributed by atoms with van der Waals surface area (Å²) in [5, 5.41) is 5.02. The van der Waals surface area contributed by atoms with Gasteiger partial charge in [-0.2, -0.15) is 9.78 Å². The van der Waals surface area contributed by atoms with E-state index in [1.165, 1.54) is 4.68 Å². The molecule has 4 aromatic rings. The topological polar surface area (TPSA) is 125 Å². The van der Waals surface area contributed by atoms with Crippen LogP contribution in [0.5, 0.6) is 0 Å². The third-order valence-electron chi connectivity index (χ3n) is 4.04. The summed E-state index contributed by atoms with van der Waals surface area (Å²) in [6, 6.07) is 16.7. The van der Waals surface area contributed by atoms with Crippen LogP contribution >= 0.6 is 11.6 Å². The van der Waals surface area contributed by atoms with Gasteiger partial charge in [0.15, 0.2) is 11.6 Å². The van der Waals surface area contributed by atoms with Gasteiger partial charge in [-0.15, -0.1) is 0 Å². The zero-order valence-corrected chi connectivity index (χ0v) is 16.4. The number of H-pyrrole nitrogens is 1. The van der Waals surface area contributed by atoms with E-state index in [1.807, 2.05) is 56.3 Å². The van der Waals surface area contributed by atoms with Gasteiger partial charge in [0, 0.05) is 11.6 Å². The molecular formula is C20H22ClN7. The van der Waals surface area contributed by atoms with E-state index >= 15 is 0 Å². The Balaban J connectivity index is 0.00000109. The Morgan fingerprint density at radius 2 is 1.71 bits per heavy atom. The minimum atomic E-state index is 0.180. The number of para-hydroxylation sites is 2. The largest absolute Gasteiger partial charge is 0.393 e. The number of halogens is 1. The highest BCUT2D eigenvalue weighted by Crippen LogP contribution is 2.29. The van der Waals surface area contributed by atoms with Crippen molar-refractivity contribution in [3.8, 4) is 11.3 Å². The highest BCUT2D eigenvalue weighted by molar-refractivity contribution is 6.33. The number of aromatic amines is 1. The van der Waals surface area contributed by atoms with Crippen LogP contribution in [0.3, 0.4) is 0 Å². The number of anilines is 1. The minimum Gasteiger partial charge on any atom is -0.393 e. The maximum absolute atomic E-state index is 6.23. The highest BCUT2D eigenvalue weighted by Gasteiger charge is 2.15. The van der Waals surface area contributed by atoms with Gasteiger partial charge in [0.25, 0.3) is 0 Å². The van der Waals surface area contributed by atoms with Gasteiger partial charge in [0.1, 0.15) is 11.5 Å². The SMILES string of the molecule is CC.N/C(=C(/N)n1nc(-c2ccccc2Cl)cc1N)c1nc2ccccc2[nH]1. The first-order valence-corrected chi connectivity index (χ1v) is 9.23. The quantitative estimate of drug-likeness (QED) is 0.418. The monoisotopic (exact) mass is 395 g/mol. The van der Waals surface area contributed by atoms with Crippen LogP contribution in [0.25, 0.3) is 33.8 Å². The molecular weight excluding hydrogens is 374 g/mol. The molecule has 0 bridgehead atoms. The van der Waals surface area contributed by atoms with Crippen molar-refractivity contribution in [2.75, 3.05) is 5.73 Å². The standard InChI is InChI=1S/C18H16ClN7.C2H6/c19-11-6-2-1-5-10(11)14-9-15(20)26(25-14)17(22)16(21)18-23-12-7-3-4-8-13(12)24-18;1-2/h1-9H,20-22H2,(H,23,24);1-2H3/b17-16-;. The molecule has 0 atom stereocenters.